The van der Waals surface area contributed by atoms with E-state index in [4.69, 9.17) is 16.3 Å². The van der Waals surface area contributed by atoms with Gasteiger partial charge in [0.2, 0.25) is 11.8 Å². The molecule has 0 aliphatic carbocycles. The summed E-state index contributed by atoms with van der Waals surface area (Å²) in [6.07, 6.45) is 0.205. The van der Waals surface area contributed by atoms with Crippen molar-refractivity contribution in [2.45, 2.75) is 13.0 Å². The van der Waals surface area contributed by atoms with Crippen molar-refractivity contribution in [1.29, 1.82) is 0 Å². The van der Waals surface area contributed by atoms with Crippen molar-refractivity contribution < 1.29 is 14.3 Å². The molecule has 2 rings (SSSR count). The van der Waals surface area contributed by atoms with E-state index in [2.05, 4.69) is 10.6 Å². The molecule has 126 valence electrons. The fraction of sp³-hybridized carbons (Fsp3) is 0.222. The monoisotopic (exact) mass is 346 g/mol. The van der Waals surface area contributed by atoms with Crippen LogP contribution >= 0.6 is 11.6 Å². The van der Waals surface area contributed by atoms with Crippen molar-refractivity contribution in [1.82, 2.24) is 10.6 Å². The minimum absolute atomic E-state index is 0.0679. The van der Waals surface area contributed by atoms with Crippen molar-refractivity contribution in [2.75, 3.05) is 13.7 Å². The lowest BCUT2D eigenvalue weighted by Crippen LogP contribution is -2.37. The van der Waals surface area contributed by atoms with Gasteiger partial charge >= 0.3 is 0 Å². The van der Waals surface area contributed by atoms with Gasteiger partial charge in [0, 0.05) is 17.1 Å². The summed E-state index contributed by atoms with van der Waals surface area (Å²) in [7, 11) is 1.58. The number of carbonyl (C=O) groups excluding carboxylic acids is 2. The van der Waals surface area contributed by atoms with Gasteiger partial charge in [0.15, 0.2) is 0 Å². The molecule has 0 aromatic heterocycles. The summed E-state index contributed by atoms with van der Waals surface area (Å²) in [6, 6.07) is 14.5. The molecule has 0 aliphatic rings. The summed E-state index contributed by atoms with van der Waals surface area (Å²) < 4.78 is 5.22. The number of para-hydroxylation sites is 1. The zero-order valence-electron chi connectivity index (χ0n) is 13.3. The van der Waals surface area contributed by atoms with E-state index >= 15 is 0 Å². The number of methoxy groups -OCH3 is 1. The Morgan fingerprint density at radius 1 is 1.00 bits per heavy atom. The highest BCUT2D eigenvalue weighted by atomic mass is 35.5. The van der Waals surface area contributed by atoms with Crippen LogP contribution < -0.4 is 15.4 Å². The Morgan fingerprint density at radius 3 is 2.42 bits per heavy atom. The highest BCUT2D eigenvalue weighted by molar-refractivity contribution is 6.30. The fourth-order valence-electron chi connectivity index (χ4n) is 2.13. The van der Waals surface area contributed by atoms with E-state index in [1.165, 1.54) is 0 Å². The van der Waals surface area contributed by atoms with Crippen LogP contribution in [0.1, 0.15) is 11.1 Å². The Labute approximate surface area is 146 Å². The van der Waals surface area contributed by atoms with Gasteiger partial charge in [-0.2, -0.15) is 0 Å². The van der Waals surface area contributed by atoms with Crippen LogP contribution in [-0.2, 0) is 22.6 Å². The number of halogens is 1. The Morgan fingerprint density at radius 2 is 1.71 bits per heavy atom. The lowest BCUT2D eigenvalue weighted by atomic mass is 10.1. The van der Waals surface area contributed by atoms with E-state index < -0.39 is 0 Å². The van der Waals surface area contributed by atoms with Crippen molar-refractivity contribution in [3.05, 3.63) is 64.7 Å². The van der Waals surface area contributed by atoms with Crippen LogP contribution in [0.4, 0.5) is 0 Å². The van der Waals surface area contributed by atoms with Crippen molar-refractivity contribution in [2.24, 2.45) is 0 Å². The molecule has 0 heterocycles. The van der Waals surface area contributed by atoms with E-state index in [0.717, 1.165) is 11.1 Å². The molecule has 0 bridgehead atoms. The molecule has 2 N–H and O–H groups in total. The molecule has 0 radical (unpaired) electrons. The fourth-order valence-corrected chi connectivity index (χ4v) is 2.26. The van der Waals surface area contributed by atoms with Gasteiger partial charge in [-0.15, -0.1) is 0 Å². The molecule has 2 aromatic carbocycles. The molecule has 0 saturated heterocycles. The predicted octanol–water partition coefficient (Wildman–Crippen LogP) is 2.32. The average Bonchev–Trinajstić information content (AvgIpc) is 2.60. The quantitative estimate of drug-likeness (QED) is 0.808. The lowest BCUT2D eigenvalue weighted by Gasteiger charge is -2.10. The van der Waals surface area contributed by atoms with Crippen molar-refractivity contribution in [3.63, 3.8) is 0 Å². The zero-order valence-corrected chi connectivity index (χ0v) is 14.1. The van der Waals surface area contributed by atoms with Gasteiger partial charge in [-0.3, -0.25) is 9.59 Å². The van der Waals surface area contributed by atoms with Crippen molar-refractivity contribution in [3.8, 4) is 5.75 Å². The number of hydrogen-bond donors (Lipinski definition) is 2. The topological polar surface area (TPSA) is 67.4 Å². The molecule has 0 saturated carbocycles. The van der Waals surface area contributed by atoms with Gasteiger partial charge in [-0.05, 0) is 23.8 Å². The van der Waals surface area contributed by atoms with E-state index in [1.807, 2.05) is 24.3 Å². The molecule has 0 unspecified atom stereocenters. The number of ether oxygens (including phenoxy) is 1. The first-order valence-corrected chi connectivity index (χ1v) is 7.86. The second-order valence-corrected chi connectivity index (χ2v) is 5.60. The number of carbonyl (C=O) groups is 2. The van der Waals surface area contributed by atoms with Gasteiger partial charge in [0.1, 0.15) is 5.75 Å². The maximum absolute atomic E-state index is 11.8. The molecule has 2 aromatic rings. The van der Waals surface area contributed by atoms with E-state index in [0.29, 0.717) is 17.3 Å². The Kier molecular flexibility index (Phi) is 6.63. The smallest absolute Gasteiger partial charge is 0.239 e. The van der Waals surface area contributed by atoms with Crippen LogP contribution in [0.25, 0.3) is 0 Å². The molecule has 0 spiro atoms. The first-order chi connectivity index (χ1) is 11.6. The van der Waals surface area contributed by atoms with Crippen LogP contribution in [0.2, 0.25) is 5.02 Å². The number of benzene rings is 2. The van der Waals surface area contributed by atoms with Gasteiger partial charge in [-0.1, -0.05) is 41.9 Å². The molecule has 5 nitrogen and oxygen atoms in total. The minimum Gasteiger partial charge on any atom is -0.496 e. The molecular formula is C18H19ClN2O3. The summed E-state index contributed by atoms with van der Waals surface area (Å²) in [6.45, 7) is 0.275. The van der Waals surface area contributed by atoms with Crippen LogP contribution in [0.5, 0.6) is 5.75 Å². The van der Waals surface area contributed by atoms with Gasteiger partial charge < -0.3 is 15.4 Å². The number of nitrogens with one attached hydrogen (secondary N) is 2. The maximum Gasteiger partial charge on any atom is 0.239 e. The normalized spacial score (nSPS) is 10.1. The summed E-state index contributed by atoms with van der Waals surface area (Å²) in [5.74, 6) is 0.236. The van der Waals surface area contributed by atoms with Gasteiger partial charge in [-0.25, -0.2) is 0 Å². The predicted molar refractivity (Wildman–Crippen MR) is 93.0 cm³/mol. The van der Waals surface area contributed by atoms with Crippen LogP contribution in [0.15, 0.2) is 48.5 Å². The Bertz CT molecular complexity index is 702. The number of amides is 2. The highest BCUT2D eigenvalue weighted by Crippen LogP contribution is 2.16. The third-order valence-electron chi connectivity index (χ3n) is 3.39. The van der Waals surface area contributed by atoms with Crippen LogP contribution in [-0.4, -0.2) is 25.5 Å². The summed E-state index contributed by atoms with van der Waals surface area (Å²) in [5.41, 5.74) is 1.71. The SMILES string of the molecule is COc1ccccc1CNC(=O)CNC(=O)Cc1ccc(Cl)cc1. The molecule has 0 atom stereocenters. The summed E-state index contributed by atoms with van der Waals surface area (Å²) >= 11 is 5.80. The highest BCUT2D eigenvalue weighted by Gasteiger charge is 2.08. The molecule has 0 aliphatic heterocycles. The average molecular weight is 347 g/mol. The molecule has 0 fully saturated rings. The number of rotatable bonds is 7. The van der Waals surface area contributed by atoms with E-state index in [9.17, 15) is 9.59 Å². The standard InChI is InChI=1S/C18H19ClN2O3/c1-24-16-5-3-2-4-14(16)11-20-18(23)12-21-17(22)10-13-6-8-15(19)9-7-13/h2-9H,10-12H2,1H3,(H,20,23)(H,21,22). The van der Waals surface area contributed by atoms with Gasteiger partial charge in [0.25, 0.3) is 0 Å². The van der Waals surface area contributed by atoms with Gasteiger partial charge in [0.05, 0.1) is 20.1 Å². The molecular weight excluding hydrogens is 328 g/mol. The third kappa shape index (κ3) is 5.59. The molecule has 24 heavy (non-hydrogen) atoms. The maximum atomic E-state index is 11.8. The molecule has 6 heteroatoms. The zero-order chi connectivity index (χ0) is 17.4. The Balaban J connectivity index is 1.74. The first-order valence-electron chi connectivity index (χ1n) is 7.48. The van der Waals surface area contributed by atoms with E-state index in [-0.39, 0.29) is 24.8 Å². The minimum atomic E-state index is -0.259. The second kappa shape index (κ2) is 8.93. The van der Waals surface area contributed by atoms with Crippen molar-refractivity contribution >= 4 is 23.4 Å². The van der Waals surface area contributed by atoms with Crippen LogP contribution in [0.3, 0.4) is 0 Å². The lowest BCUT2D eigenvalue weighted by molar-refractivity contribution is -0.125. The number of hydrogen-bond acceptors (Lipinski definition) is 3. The van der Waals surface area contributed by atoms with Crippen LogP contribution in [0, 0.1) is 0 Å². The Hall–Kier alpha value is -2.53. The second-order valence-electron chi connectivity index (χ2n) is 5.17. The summed E-state index contributed by atoms with van der Waals surface area (Å²) in [4.78, 5) is 23.7. The third-order valence-corrected chi connectivity index (χ3v) is 3.64. The van der Waals surface area contributed by atoms with E-state index in [1.54, 1.807) is 31.4 Å². The summed E-state index contributed by atoms with van der Waals surface area (Å²) in [5, 5.41) is 5.96. The largest absolute Gasteiger partial charge is 0.496 e. The first kappa shape index (κ1) is 17.8. The molecule has 2 amide bonds.